The zero-order valence-electron chi connectivity index (χ0n) is 14.9. The number of carbonyl (C=O) groups is 2. The summed E-state index contributed by atoms with van der Waals surface area (Å²) in [6.07, 6.45) is 2.68. The fraction of sp³-hybridized carbons (Fsp3) is 0.526. The molecule has 2 heterocycles. The number of nitrogens with zero attached hydrogens (tertiary/aromatic N) is 3. The number of rotatable bonds is 3. The largest absolute Gasteiger partial charge is 0.330 e. The normalized spacial score (nSPS) is 21.6. The Morgan fingerprint density at radius 2 is 1.72 bits per heavy atom. The summed E-state index contributed by atoms with van der Waals surface area (Å²) in [7, 11) is 1.50. The van der Waals surface area contributed by atoms with Crippen LogP contribution in [0.15, 0.2) is 23.0 Å². The minimum absolute atomic E-state index is 0.125. The quantitative estimate of drug-likeness (QED) is 0.806. The van der Waals surface area contributed by atoms with E-state index in [0.29, 0.717) is 18.8 Å². The molecule has 0 spiro atoms. The maximum Gasteiger partial charge on any atom is 0.330 e. The molecular weight excluding hydrogens is 318 g/mol. The topological polar surface area (TPSA) is 64.3 Å². The van der Waals surface area contributed by atoms with E-state index < -0.39 is 6.04 Å². The van der Waals surface area contributed by atoms with Crippen molar-refractivity contribution in [3.8, 4) is 0 Å². The van der Waals surface area contributed by atoms with Gasteiger partial charge in [0.1, 0.15) is 6.04 Å². The average Bonchev–Trinajstić information content (AvgIpc) is 3.37. The van der Waals surface area contributed by atoms with Crippen LogP contribution in [0.25, 0.3) is 11.0 Å². The Labute approximate surface area is 146 Å². The van der Waals surface area contributed by atoms with Crippen LogP contribution in [-0.4, -0.2) is 32.9 Å². The van der Waals surface area contributed by atoms with Gasteiger partial charge in [-0.3, -0.25) is 23.6 Å². The Hall–Kier alpha value is -2.37. The van der Waals surface area contributed by atoms with E-state index in [1.807, 2.05) is 16.7 Å². The van der Waals surface area contributed by atoms with E-state index in [1.165, 1.54) is 12.6 Å². The van der Waals surface area contributed by atoms with Crippen LogP contribution in [0.4, 0.5) is 0 Å². The van der Waals surface area contributed by atoms with Crippen molar-refractivity contribution < 1.29 is 9.59 Å². The lowest BCUT2D eigenvalue weighted by Gasteiger charge is -2.28. The van der Waals surface area contributed by atoms with Gasteiger partial charge in [-0.05, 0) is 42.9 Å². The number of hydrogen-bond donors (Lipinski definition) is 0. The van der Waals surface area contributed by atoms with Crippen LogP contribution in [0.5, 0.6) is 0 Å². The molecule has 1 aliphatic heterocycles. The van der Waals surface area contributed by atoms with Crippen LogP contribution in [0.1, 0.15) is 63.1 Å². The molecule has 1 aromatic carbocycles. The lowest BCUT2D eigenvalue weighted by Crippen LogP contribution is -2.45. The molecule has 2 fully saturated rings. The highest BCUT2D eigenvalue weighted by Gasteiger charge is 2.37. The maximum atomic E-state index is 13.2. The summed E-state index contributed by atoms with van der Waals surface area (Å²) in [5.41, 5.74) is 2.76. The SMILES string of the molecule is CC(C)c1ccc2c(c1)n(C1CC1)c(=O)n2C1CCC(=O)N(C)C1=O. The van der Waals surface area contributed by atoms with E-state index in [9.17, 15) is 14.4 Å². The summed E-state index contributed by atoms with van der Waals surface area (Å²) in [6.45, 7) is 4.26. The molecule has 6 nitrogen and oxygen atoms in total. The molecule has 1 atom stereocenters. The van der Waals surface area contributed by atoms with Gasteiger partial charge < -0.3 is 0 Å². The number of benzene rings is 1. The second-order valence-electron chi connectivity index (χ2n) is 7.50. The predicted molar refractivity (Wildman–Crippen MR) is 94.6 cm³/mol. The van der Waals surface area contributed by atoms with E-state index in [4.69, 9.17) is 0 Å². The monoisotopic (exact) mass is 341 g/mol. The van der Waals surface area contributed by atoms with Gasteiger partial charge in [-0.25, -0.2) is 4.79 Å². The minimum atomic E-state index is -0.595. The van der Waals surface area contributed by atoms with Crippen molar-refractivity contribution in [3.05, 3.63) is 34.2 Å². The van der Waals surface area contributed by atoms with Crippen molar-refractivity contribution in [2.75, 3.05) is 7.05 Å². The molecule has 1 saturated carbocycles. The zero-order valence-corrected chi connectivity index (χ0v) is 14.9. The predicted octanol–water partition coefficient (Wildman–Crippen LogP) is 2.58. The van der Waals surface area contributed by atoms with E-state index in [-0.39, 0.29) is 23.5 Å². The third-order valence-electron chi connectivity index (χ3n) is 5.44. The van der Waals surface area contributed by atoms with Gasteiger partial charge in [0.2, 0.25) is 5.91 Å². The van der Waals surface area contributed by atoms with Gasteiger partial charge >= 0.3 is 5.69 Å². The fourth-order valence-electron chi connectivity index (χ4n) is 3.74. The van der Waals surface area contributed by atoms with Gasteiger partial charge in [0.25, 0.3) is 5.91 Å². The fourth-order valence-corrected chi connectivity index (χ4v) is 3.74. The number of imidazole rings is 1. The smallest absolute Gasteiger partial charge is 0.289 e. The van der Waals surface area contributed by atoms with Crippen molar-refractivity contribution in [2.45, 2.75) is 57.5 Å². The lowest BCUT2D eigenvalue weighted by atomic mass is 10.0. The van der Waals surface area contributed by atoms with Crippen molar-refractivity contribution in [3.63, 3.8) is 0 Å². The van der Waals surface area contributed by atoms with Crippen LogP contribution >= 0.6 is 0 Å². The van der Waals surface area contributed by atoms with E-state index >= 15 is 0 Å². The molecule has 1 aromatic heterocycles. The zero-order chi connectivity index (χ0) is 17.9. The third kappa shape index (κ3) is 2.42. The van der Waals surface area contributed by atoms with Crippen LogP contribution < -0.4 is 5.69 Å². The molecule has 0 bridgehead atoms. The first kappa shape index (κ1) is 16.1. The second kappa shape index (κ2) is 5.58. The first-order chi connectivity index (χ1) is 11.9. The lowest BCUT2D eigenvalue weighted by molar-refractivity contribution is -0.149. The summed E-state index contributed by atoms with van der Waals surface area (Å²) >= 11 is 0. The number of likely N-dealkylation sites (N-methyl/N-ethyl adjacent to an activating group) is 1. The van der Waals surface area contributed by atoms with Crippen LogP contribution in [0.3, 0.4) is 0 Å². The average molecular weight is 341 g/mol. The molecule has 25 heavy (non-hydrogen) atoms. The third-order valence-corrected chi connectivity index (χ3v) is 5.44. The molecule has 4 rings (SSSR count). The second-order valence-corrected chi connectivity index (χ2v) is 7.50. The molecule has 2 amide bonds. The minimum Gasteiger partial charge on any atom is -0.289 e. The van der Waals surface area contributed by atoms with Crippen molar-refractivity contribution in [2.24, 2.45) is 0 Å². The number of fused-ring (bicyclic) bond motifs is 1. The molecular formula is C19H23N3O3. The number of aromatic nitrogens is 2. The number of piperidine rings is 1. The van der Waals surface area contributed by atoms with Gasteiger partial charge in [-0.15, -0.1) is 0 Å². The first-order valence-corrected chi connectivity index (χ1v) is 8.97. The van der Waals surface area contributed by atoms with Gasteiger partial charge in [0, 0.05) is 19.5 Å². The number of likely N-dealkylation sites (tertiary alicyclic amines) is 1. The Bertz CT molecular complexity index is 933. The molecule has 2 aromatic rings. The van der Waals surface area contributed by atoms with Gasteiger partial charge in [-0.2, -0.15) is 0 Å². The summed E-state index contributed by atoms with van der Waals surface area (Å²) in [4.78, 5) is 38.7. The van der Waals surface area contributed by atoms with E-state index in [0.717, 1.165) is 28.8 Å². The Balaban J connectivity index is 1.92. The van der Waals surface area contributed by atoms with Gasteiger partial charge in [0.05, 0.1) is 11.0 Å². The van der Waals surface area contributed by atoms with Crippen molar-refractivity contribution in [1.29, 1.82) is 0 Å². The summed E-state index contributed by atoms with van der Waals surface area (Å²) < 4.78 is 3.47. The Kier molecular flexibility index (Phi) is 3.60. The molecule has 1 saturated heterocycles. The van der Waals surface area contributed by atoms with Gasteiger partial charge in [-0.1, -0.05) is 19.9 Å². The highest BCUT2D eigenvalue weighted by molar-refractivity contribution is 5.99. The van der Waals surface area contributed by atoms with Crippen molar-refractivity contribution in [1.82, 2.24) is 14.0 Å². The molecule has 0 N–H and O–H groups in total. The van der Waals surface area contributed by atoms with Crippen LogP contribution in [-0.2, 0) is 9.59 Å². The molecule has 132 valence electrons. The van der Waals surface area contributed by atoms with Crippen LogP contribution in [0, 0.1) is 0 Å². The summed E-state index contributed by atoms with van der Waals surface area (Å²) in [5.74, 6) is -0.0981. The number of carbonyl (C=O) groups excluding carboxylic acids is 2. The highest BCUT2D eigenvalue weighted by Crippen LogP contribution is 2.38. The van der Waals surface area contributed by atoms with Crippen molar-refractivity contribution >= 4 is 22.8 Å². The van der Waals surface area contributed by atoms with E-state index in [2.05, 4.69) is 19.9 Å². The molecule has 6 heteroatoms. The standard InChI is InChI=1S/C19H23N3O3/c1-11(2)12-4-7-14-16(10-12)21(13-5-6-13)19(25)22(14)15-8-9-17(23)20(3)18(15)24/h4,7,10-11,13,15H,5-6,8-9H2,1-3H3. The van der Waals surface area contributed by atoms with E-state index in [1.54, 1.807) is 4.57 Å². The molecule has 1 unspecified atom stereocenters. The number of hydrogen-bond acceptors (Lipinski definition) is 3. The highest BCUT2D eigenvalue weighted by atomic mass is 16.2. The number of imide groups is 1. The first-order valence-electron chi connectivity index (χ1n) is 8.97. The maximum absolute atomic E-state index is 13.2. The van der Waals surface area contributed by atoms with Gasteiger partial charge in [0.15, 0.2) is 0 Å². The molecule has 2 aliphatic rings. The number of amides is 2. The Morgan fingerprint density at radius 3 is 2.36 bits per heavy atom. The molecule has 0 radical (unpaired) electrons. The summed E-state index contributed by atoms with van der Waals surface area (Å²) in [5, 5.41) is 0. The van der Waals surface area contributed by atoms with Crippen LogP contribution in [0.2, 0.25) is 0 Å². The molecule has 1 aliphatic carbocycles. The summed E-state index contributed by atoms with van der Waals surface area (Å²) in [6, 6.07) is 5.70. The Morgan fingerprint density at radius 1 is 1.00 bits per heavy atom.